The smallest absolute Gasteiger partial charge is 0.108 e. The second-order valence-electron chi connectivity index (χ2n) is 5.84. The molecule has 1 aromatic rings. The van der Waals surface area contributed by atoms with Crippen LogP contribution in [0.5, 0.6) is 0 Å². The molecule has 0 bridgehead atoms. The fourth-order valence-corrected chi connectivity index (χ4v) is 3.42. The lowest BCUT2D eigenvalue weighted by molar-refractivity contribution is 0.155. The van der Waals surface area contributed by atoms with Gasteiger partial charge >= 0.3 is 0 Å². The molecule has 0 aromatic heterocycles. The van der Waals surface area contributed by atoms with Crippen LogP contribution < -0.4 is 10.2 Å². The number of hydrogen-bond donors (Lipinski definition) is 1. The minimum Gasteiger partial charge on any atom is -0.371 e. The third-order valence-corrected chi connectivity index (χ3v) is 4.81. The Hall–Kier alpha value is -1.42. The van der Waals surface area contributed by atoms with Crippen LogP contribution in [0, 0.1) is 10.3 Å². The van der Waals surface area contributed by atoms with Crippen molar-refractivity contribution >= 4 is 11.4 Å². The van der Waals surface area contributed by atoms with E-state index in [0.29, 0.717) is 11.1 Å². The average molecular weight is 259 g/mol. The fraction of sp³-hybridized carbons (Fsp3) is 0.600. The molecule has 1 N–H and O–H groups in total. The standard InChI is InChI=1S/C15H21N3O/c19-17-13-1-3-14(4-2-13)18-11-7-15(8-12-18)5-9-16-10-6-15/h1-4,16H,5-12H2. The molecule has 0 radical (unpaired) electrons. The van der Waals surface area contributed by atoms with E-state index in [4.69, 9.17) is 0 Å². The van der Waals surface area contributed by atoms with E-state index < -0.39 is 0 Å². The molecule has 0 unspecified atom stereocenters. The molecule has 2 heterocycles. The number of benzene rings is 1. The summed E-state index contributed by atoms with van der Waals surface area (Å²) in [6.07, 6.45) is 5.24. The molecule has 2 fully saturated rings. The molecule has 102 valence electrons. The lowest BCUT2D eigenvalue weighted by Crippen LogP contribution is -2.45. The number of anilines is 1. The fourth-order valence-electron chi connectivity index (χ4n) is 3.42. The first-order valence-electron chi connectivity index (χ1n) is 7.20. The quantitative estimate of drug-likeness (QED) is 0.830. The average Bonchev–Trinajstić information content (AvgIpc) is 2.49. The van der Waals surface area contributed by atoms with Crippen LogP contribution in [0.25, 0.3) is 0 Å². The summed E-state index contributed by atoms with van der Waals surface area (Å²) in [5, 5.41) is 6.41. The maximum atomic E-state index is 10.4. The van der Waals surface area contributed by atoms with Crippen LogP contribution in [-0.4, -0.2) is 26.2 Å². The molecule has 0 atom stereocenters. The van der Waals surface area contributed by atoms with E-state index in [1.807, 2.05) is 12.1 Å². The van der Waals surface area contributed by atoms with Crippen molar-refractivity contribution < 1.29 is 0 Å². The van der Waals surface area contributed by atoms with E-state index in [-0.39, 0.29) is 0 Å². The summed E-state index contributed by atoms with van der Waals surface area (Å²) in [5.74, 6) is 0. The predicted molar refractivity (Wildman–Crippen MR) is 77.9 cm³/mol. The SMILES string of the molecule is O=Nc1ccc(N2CCC3(CCNCC3)CC2)cc1. The zero-order valence-corrected chi connectivity index (χ0v) is 11.3. The Labute approximate surface area is 114 Å². The van der Waals surface area contributed by atoms with Gasteiger partial charge in [0.2, 0.25) is 0 Å². The molecule has 4 heteroatoms. The minimum atomic E-state index is 0.510. The van der Waals surface area contributed by atoms with Gasteiger partial charge < -0.3 is 10.2 Å². The van der Waals surface area contributed by atoms with Crippen LogP contribution in [0.1, 0.15) is 25.7 Å². The second-order valence-corrected chi connectivity index (χ2v) is 5.84. The number of piperidine rings is 2. The molecule has 1 aromatic carbocycles. The Kier molecular flexibility index (Phi) is 3.51. The Bertz CT molecular complexity index is 427. The minimum absolute atomic E-state index is 0.510. The van der Waals surface area contributed by atoms with Gasteiger partial charge in [-0.25, -0.2) is 0 Å². The highest BCUT2D eigenvalue weighted by molar-refractivity contribution is 5.53. The molecule has 3 rings (SSSR count). The topological polar surface area (TPSA) is 44.7 Å². The van der Waals surface area contributed by atoms with Gasteiger partial charge in [-0.05, 0) is 73.6 Å². The Morgan fingerprint density at radius 3 is 2.21 bits per heavy atom. The zero-order valence-electron chi connectivity index (χ0n) is 11.3. The number of rotatable bonds is 2. The molecule has 0 saturated carbocycles. The summed E-state index contributed by atoms with van der Waals surface area (Å²) in [6, 6.07) is 7.63. The monoisotopic (exact) mass is 259 g/mol. The summed E-state index contributed by atoms with van der Waals surface area (Å²) in [5.41, 5.74) is 2.32. The first kappa shape index (κ1) is 12.6. The molecule has 4 nitrogen and oxygen atoms in total. The van der Waals surface area contributed by atoms with Crippen molar-refractivity contribution in [3.05, 3.63) is 29.2 Å². The van der Waals surface area contributed by atoms with E-state index in [1.165, 1.54) is 44.5 Å². The van der Waals surface area contributed by atoms with Crippen molar-refractivity contribution in [3.8, 4) is 0 Å². The van der Waals surface area contributed by atoms with Crippen molar-refractivity contribution in [1.29, 1.82) is 0 Å². The third kappa shape index (κ3) is 2.63. The van der Waals surface area contributed by atoms with Gasteiger partial charge in [0.1, 0.15) is 5.69 Å². The number of nitrogens with zero attached hydrogens (tertiary/aromatic N) is 2. The molecule has 2 aliphatic heterocycles. The van der Waals surface area contributed by atoms with Gasteiger partial charge in [0.25, 0.3) is 0 Å². The van der Waals surface area contributed by atoms with Crippen LogP contribution in [0.4, 0.5) is 11.4 Å². The van der Waals surface area contributed by atoms with Crippen LogP contribution in [-0.2, 0) is 0 Å². The molecule has 2 aliphatic rings. The highest BCUT2D eigenvalue weighted by atomic mass is 16.3. The van der Waals surface area contributed by atoms with Gasteiger partial charge in [-0.1, -0.05) is 0 Å². The van der Waals surface area contributed by atoms with Crippen molar-refractivity contribution in [1.82, 2.24) is 5.32 Å². The second kappa shape index (κ2) is 5.29. The Morgan fingerprint density at radius 1 is 1.00 bits per heavy atom. The number of nitrogens with one attached hydrogen (secondary N) is 1. The van der Waals surface area contributed by atoms with Gasteiger partial charge in [-0.15, -0.1) is 4.91 Å². The molecular weight excluding hydrogens is 238 g/mol. The Morgan fingerprint density at radius 2 is 1.63 bits per heavy atom. The highest BCUT2D eigenvalue weighted by Gasteiger charge is 2.35. The highest BCUT2D eigenvalue weighted by Crippen LogP contribution is 2.40. The maximum absolute atomic E-state index is 10.4. The van der Waals surface area contributed by atoms with E-state index in [2.05, 4.69) is 15.4 Å². The van der Waals surface area contributed by atoms with Gasteiger partial charge in [-0.3, -0.25) is 0 Å². The normalized spacial score (nSPS) is 22.4. The molecule has 2 saturated heterocycles. The maximum Gasteiger partial charge on any atom is 0.108 e. The Balaban J connectivity index is 1.64. The van der Waals surface area contributed by atoms with Crippen LogP contribution in [0.3, 0.4) is 0 Å². The van der Waals surface area contributed by atoms with E-state index in [9.17, 15) is 4.91 Å². The summed E-state index contributed by atoms with van der Waals surface area (Å²) in [7, 11) is 0. The summed E-state index contributed by atoms with van der Waals surface area (Å²) < 4.78 is 0. The zero-order chi connectivity index (χ0) is 13.1. The van der Waals surface area contributed by atoms with Crippen molar-refractivity contribution in [2.24, 2.45) is 10.6 Å². The number of nitroso groups, excluding NO2 is 1. The van der Waals surface area contributed by atoms with Crippen LogP contribution >= 0.6 is 0 Å². The summed E-state index contributed by atoms with van der Waals surface area (Å²) in [4.78, 5) is 12.9. The van der Waals surface area contributed by atoms with Gasteiger partial charge in [0.05, 0.1) is 0 Å². The van der Waals surface area contributed by atoms with Crippen molar-refractivity contribution in [3.63, 3.8) is 0 Å². The predicted octanol–water partition coefficient (Wildman–Crippen LogP) is 3.05. The molecule has 0 amide bonds. The van der Waals surface area contributed by atoms with Gasteiger partial charge in [0, 0.05) is 18.8 Å². The summed E-state index contributed by atoms with van der Waals surface area (Å²) >= 11 is 0. The molecule has 0 aliphatic carbocycles. The first-order chi connectivity index (χ1) is 9.31. The van der Waals surface area contributed by atoms with Gasteiger partial charge in [-0.2, -0.15) is 0 Å². The molecule has 1 spiro atoms. The third-order valence-electron chi connectivity index (χ3n) is 4.81. The van der Waals surface area contributed by atoms with Crippen LogP contribution in [0.2, 0.25) is 0 Å². The first-order valence-corrected chi connectivity index (χ1v) is 7.20. The van der Waals surface area contributed by atoms with E-state index in [0.717, 1.165) is 13.1 Å². The number of hydrogen-bond acceptors (Lipinski definition) is 4. The molecular formula is C15H21N3O. The molecule has 19 heavy (non-hydrogen) atoms. The largest absolute Gasteiger partial charge is 0.371 e. The van der Waals surface area contributed by atoms with Crippen LogP contribution in [0.15, 0.2) is 29.4 Å². The lowest BCUT2D eigenvalue weighted by Gasteiger charge is -2.45. The lowest BCUT2D eigenvalue weighted by atomic mass is 9.71. The van der Waals surface area contributed by atoms with Crippen molar-refractivity contribution in [2.75, 3.05) is 31.1 Å². The van der Waals surface area contributed by atoms with E-state index >= 15 is 0 Å². The van der Waals surface area contributed by atoms with Crippen molar-refractivity contribution in [2.45, 2.75) is 25.7 Å². The van der Waals surface area contributed by atoms with E-state index in [1.54, 1.807) is 12.1 Å². The van der Waals surface area contributed by atoms with Gasteiger partial charge in [0.15, 0.2) is 0 Å². The summed E-state index contributed by atoms with van der Waals surface area (Å²) in [6.45, 7) is 4.63.